The average molecular weight is 439 g/mol. The van der Waals surface area contributed by atoms with Crippen molar-refractivity contribution in [2.45, 2.75) is 18.7 Å². The van der Waals surface area contributed by atoms with Gasteiger partial charge in [0.05, 0.1) is 23.3 Å². The maximum atomic E-state index is 12.6. The quantitative estimate of drug-likeness (QED) is 0.563. The first kappa shape index (κ1) is 22.0. The molecule has 3 rings (SSSR count). The van der Waals surface area contributed by atoms with E-state index in [9.17, 15) is 18.0 Å². The number of esters is 1. The van der Waals surface area contributed by atoms with Crippen LogP contribution in [0, 0.1) is 13.8 Å². The predicted octanol–water partition coefficient (Wildman–Crippen LogP) is 4.14. The van der Waals surface area contributed by atoms with E-state index in [4.69, 9.17) is 0 Å². The maximum absolute atomic E-state index is 12.6. The minimum absolute atomic E-state index is 0.157. The molecule has 0 aliphatic carbocycles. The number of carbonyl (C=O) groups excluding carboxylic acids is 2. The summed E-state index contributed by atoms with van der Waals surface area (Å²) in [5, 5.41) is 2.72. The largest absolute Gasteiger partial charge is 0.465 e. The second-order valence-corrected chi connectivity index (χ2v) is 8.66. The summed E-state index contributed by atoms with van der Waals surface area (Å²) >= 11 is 0. The number of hydrogen-bond donors (Lipinski definition) is 2. The van der Waals surface area contributed by atoms with Crippen LogP contribution in [0.1, 0.15) is 31.8 Å². The number of rotatable bonds is 6. The Bertz CT molecular complexity index is 1240. The Morgan fingerprint density at radius 3 is 2.23 bits per heavy atom. The number of methoxy groups -OCH3 is 1. The maximum Gasteiger partial charge on any atom is 0.337 e. The first-order chi connectivity index (χ1) is 14.7. The Morgan fingerprint density at radius 2 is 1.58 bits per heavy atom. The van der Waals surface area contributed by atoms with Gasteiger partial charge in [-0.25, -0.2) is 13.2 Å². The zero-order valence-corrected chi connectivity index (χ0v) is 18.1. The lowest BCUT2D eigenvalue weighted by atomic mass is 10.1. The Labute approximate surface area is 181 Å². The first-order valence-corrected chi connectivity index (χ1v) is 10.9. The highest BCUT2D eigenvalue weighted by Crippen LogP contribution is 2.22. The highest BCUT2D eigenvalue weighted by Gasteiger charge is 2.16. The number of aryl methyl sites for hydroxylation is 2. The fraction of sp³-hybridized carbons (Fsp3) is 0.130. The number of amides is 1. The molecule has 0 aliphatic heterocycles. The lowest BCUT2D eigenvalue weighted by Gasteiger charge is -2.12. The van der Waals surface area contributed by atoms with Gasteiger partial charge in [0.15, 0.2) is 0 Å². The molecule has 0 bridgehead atoms. The molecule has 0 heterocycles. The number of ether oxygens (including phenoxy) is 1. The van der Waals surface area contributed by atoms with E-state index in [1.807, 2.05) is 6.92 Å². The zero-order chi connectivity index (χ0) is 22.6. The molecule has 0 unspecified atom stereocenters. The van der Waals surface area contributed by atoms with Crippen LogP contribution in [0.2, 0.25) is 0 Å². The van der Waals surface area contributed by atoms with E-state index in [-0.39, 0.29) is 4.90 Å². The molecule has 0 aliphatic rings. The van der Waals surface area contributed by atoms with Gasteiger partial charge >= 0.3 is 5.97 Å². The van der Waals surface area contributed by atoms with Gasteiger partial charge in [-0.15, -0.1) is 0 Å². The summed E-state index contributed by atoms with van der Waals surface area (Å²) in [6.07, 6.45) is 0. The summed E-state index contributed by atoms with van der Waals surface area (Å²) in [7, 11) is -2.46. The van der Waals surface area contributed by atoms with Crippen molar-refractivity contribution in [2.75, 3.05) is 17.1 Å². The van der Waals surface area contributed by atoms with Crippen molar-refractivity contribution < 1.29 is 22.7 Å². The van der Waals surface area contributed by atoms with Gasteiger partial charge in [0, 0.05) is 11.3 Å². The van der Waals surface area contributed by atoms with Crippen LogP contribution in [0.15, 0.2) is 71.6 Å². The number of anilines is 2. The molecule has 0 spiro atoms. The molecule has 1 amide bonds. The molecule has 0 fully saturated rings. The second kappa shape index (κ2) is 9.01. The predicted molar refractivity (Wildman–Crippen MR) is 119 cm³/mol. The van der Waals surface area contributed by atoms with Gasteiger partial charge in [-0.3, -0.25) is 9.52 Å². The standard InChI is InChI=1S/C23H22N2O5S/c1-15-7-10-20(11-8-15)31(28,29)25-21-12-9-17(13-16(21)2)22(26)24-19-6-4-5-18(14-19)23(27)30-3/h4-14,25H,1-3H3,(H,24,26). The van der Waals surface area contributed by atoms with E-state index < -0.39 is 21.9 Å². The van der Waals surface area contributed by atoms with Crippen molar-refractivity contribution in [1.29, 1.82) is 0 Å². The number of benzene rings is 3. The lowest BCUT2D eigenvalue weighted by Crippen LogP contribution is -2.15. The van der Waals surface area contributed by atoms with Gasteiger partial charge in [-0.1, -0.05) is 23.8 Å². The molecule has 0 saturated carbocycles. The number of sulfonamides is 1. The summed E-state index contributed by atoms with van der Waals surface area (Å²) in [5.74, 6) is -0.893. The smallest absolute Gasteiger partial charge is 0.337 e. The van der Waals surface area contributed by atoms with E-state index in [1.165, 1.54) is 31.4 Å². The van der Waals surface area contributed by atoms with E-state index in [0.29, 0.717) is 28.1 Å². The monoisotopic (exact) mass is 438 g/mol. The van der Waals surface area contributed by atoms with Crippen LogP contribution < -0.4 is 10.0 Å². The third-order valence-corrected chi connectivity index (χ3v) is 5.99. The van der Waals surface area contributed by atoms with Crippen LogP contribution in [0.3, 0.4) is 0 Å². The Hall–Kier alpha value is -3.65. The molecular formula is C23H22N2O5S. The molecule has 160 valence electrons. The Balaban J connectivity index is 1.76. The fourth-order valence-corrected chi connectivity index (χ4v) is 4.02. The summed E-state index contributed by atoms with van der Waals surface area (Å²) in [6.45, 7) is 3.59. The van der Waals surface area contributed by atoms with Crippen molar-refractivity contribution in [3.63, 3.8) is 0 Å². The van der Waals surface area contributed by atoms with Gasteiger partial charge in [0.2, 0.25) is 0 Å². The van der Waals surface area contributed by atoms with Crippen molar-refractivity contribution in [3.8, 4) is 0 Å². The van der Waals surface area contributed by atoms with E-state index in [1.54, 1.807) is 49.4 Å². The molecule has 0 saturated heterocycles. The number of carbonyl (C=O) groups is 2. The molecule has 8 heteroatoms. The number of nitrogens with one attached hydrogen (secondary N) is 2. The normalized spacial score (nSPS) is 10.9. The van der Waals surface area contributed by atoms with Crippen LogP contribution in [-0.2, 0) is 14.8 Å². The number of hydrogen-bond acceptors (Lipinski definition) is 5. The Morgan fingerprint density at radius 1 is 0.871 bits per heavy atom. The molecule has 3 aromatic carbocycles. The van der Waals surface area contributed by atoms with E-state index >= 15 is 0 Å². The molecule has 7 nitrogen and oxygen atoms in total. The molecule has 2 N–H and O–H groups in total. The van der Waals surface area contributed by atoms with Gasteiger partial charge < -0.3 is 10.1 Å². The van der Waals surface area contributed by atoms with Crippen LogP contribution >= 0.6 is 0 Å². The van der Waals surface area contributed by atoms with Gasteiger partial charge in [-0.2, -0.15) is 0 Å². The van der Waals surface area contributed by atoms with Gasteiger partial charge in [-0.05, 0) is 67.9 Å². The van der Waals surface area contributed by atoms with Crippen molar-refractivity contribution in [2.24, 2.45) is 0 Å². The van der Waals surface area contributed by atoms with E-state index in [0.717, 1.165) is 5.56 Å². The zero-order valence-electron chi connectivity index (χ0n) is 17.3. The van der Waals surface area contributed by atoms with Crippen molar-refractivity contribution in [1.82, 2.24) is 0 Å². The van der Waals surface area contributed by atoms with E-state index in [2.05, 4.69) is 14.8 Å². The summed E-state index contributed by atoms with van der Waals surface area (Å²) < 4.78 is 32.5. The summed E-state index contributed by atoms with van der Waals surface area (Å²) in [6, 6.07) is 17.6. The van der Waals surface area contributed by atoms with Gasteiger partial charge in [0.25, 0.3) is 15.9 Å². The molecule has 0 radical (unpaired) electrons. The Kier molecular flexibility index (Phi) is 6.41. The molecule has 3 aromatic rings. The molecule has 31 heavy (non-hydrogen) atoms. The third kappa shape index (κ3) is 5.29. The van der Waals surface area contributed by atoms with Crippen LogP contribution in [0.25, 0.3) is 0 Å². The average Bonchev–Trinajstić information content (AvgIpc) is 2.75. The highest BCUT2D eigenvalue weighted by molar-refractivity contribution is 7.92. The molecule has 0 atom stereocenters. The SMILES string of the molecule is COC(=O)c1cccc(NC(=O)c2ccc(NS(=O)(=O)c3ccc(C)cc3)c(C)c2)c1. The minimum Gasteiger partial charge on any atom is -0.465 e. The lowest BCUT2D eigenvalue weighted by molar-refractivity contribution is 0.0600. The first-order valence-electron chi connectivity index (χ1n) is 9.39. The van der Waals surface area contributed by atoms with Crippen LogP contribution in [0.5, 0.6) is 0 Å². The van der Waals surface area contributed by atoms with Crippen LogP contribution in [0.4, 0.5) is 11.4 Å². The molecular weight excluding hydrogens is 416 g/mol. The fourth-order valence-electron chi connectivity index (χ4n) is 2.89. The van der Waals surface area contributed by atoms with Crippen LogP contribution in [-0.4, -0.2) is 27.4 Å². The van der Waals surface area contributed by atoms with Gasteiger partial charge in [0.1, 0.15) is 0 Å². The summed E-state index contributed by atoms with van der Waals surface area (Å²) in [5.41, 5.74) is 3.03. The summed E-state index contributed by atoms with van der Waals surface area (Å²) in [4.78, 5) is 24.4. The molecule has 0 aromatic heterocycles. The van der Waals surface area contributed by atoms with Crippen molar-refractivity contribution in [3.05, 3.63) is 89.0 Å². The second-order valence-electron chi connectivity index (χ2n) is 6.97. The minimum atomic E-state index is -3.74. The third-order valence-electron chi connectivity index (χ3n) is 4.61. The van der Waals surface area contributed by atoms with Crippen molar-refractivity contribution >= 4 is 33.3 Å². The topological polar surface area (TPSA) is 102 Å². The highest BCUT2D eigenvalue weighted by atomic mass is 32.2.